The van der Waals surface area contributed by atoms with E-state index in [1.807, 2.05) is 18.2 Å². The number of rotatable bonds is 1. The fraction of sp³-hybridized carbons (Fsp3) is 0.125. The van der Waals surface area contributed by atoms with Crippen molar-refractivity contribution >= 4 is 16.8 Å². The van der Waals surface area contributed by atoms with E-state index in [4.69, 9.17) is 16.0 Å². The van der Waals surface area contributed by atoms with E-state index in [0.29, 0.717) is 17.9 Å². The van der Waals surface area contributed by atoms with Crippen LogP contribution in [0, 0.1) is 0 Å². The summed E-state index contributed by atoms with van der Waals surface area (Å²) in [7, 11) is 0. The van der Waals surface area contributed by atoms with Gasteiger partial charge in [0, 0.05) is 6.54 Å². The lowest BCUT2D eigenvalue weighted by molar-refractivity contribution is 0.460. The molecule has 0 bridgehead atoms. The molecule has 0 unspecified atom stereocenters. The molecule has 0 aliphatic rings. The molecule has 62 valence electrons. The van der Waals surface area contributed by atoms with Crippen LogP contribution in [0.4, 0.5) is 5.82 Å². The Morgan fingerprint density at radius 3 is 3.00 bits per heavy atom. The molecule has 0 aliphatic heterocycles. The summed E-state index contributed by atoms with van der Waals surface area (Å²) in [5, 5.41) is 4.48. The van der Waals surface area contributed by atoms with Gasteiger partial charge in [-0.2, -0.15) is 0 Å². The summed E-state index contributed by atoms with van der Waals surface area (Å²) in [6.07, 6.45) is 0. The molecule has 4 N–H and O–H groups in total. The molecule has 0 saturated heterocycles. The average Bonchev–Trinajstić information content (AvgIpc) is 2.48. The summed E-state index contributed by atoms with van der Waals surface area (Å²) in [5.41, 5.74) is 12.8. The zero-order valence-corrected chi connectivity index (χ0v) is 6.45. The number of nitrogens with two attached hydrogens (primary N) is 2. The van der Waals surface area contributed by atoms with E-state index < -0.39 is 0 Å². The van der Waals surface area contributed by atoms with Crippen molar-refractivity contribution in [2.75, 3.05) is 5.73 Å². The van der Waals surface area contributed by atoms with Gasteiger partial charge in [-0.15, -0.1) is 0 Å². The molecular formula is C8H9N3O. The first-order chi connectivity index (χ1) is 5.83. The third-order valence-electron chi connectivity index (χ3n) is 1.83. The van der Waals surface area contributed by atoms with Gasteiger partial charge in [-0.05, 0) is 11.6 Å². The van der Waals surface area contributed by atoms with Crippen molar-refractivity contribution in [3.05, 3.63) is 23.8 Å². The second-order valence-corrected chi connectivity index (χ2v) is 2.56. The Morgan fingerprint density at radius 1 is 1.42 bits per heavy atom. The van der Waals surface area contributed by atoms with Crippen molar-refractivity contribution in [1.29, 1.82) is 0 Å². The Kier molecular flexibility index (Phi) is 1.48. The maximum Gasteiger partial charge on any atom is 0.175 e. The van der Waals surface area contributed by atoms with Gasteiger partial charge >= 0.3 is 0 Å². The van der Waals surface area contributed by atoms with E-state index in [1.54, 1.807) is 0 Å². The number of hydrogen-bond acceptors (Lipinski definition) is 4. The second-order valence-electron chi connectivity index (χ2n) is 2.56. The van der Waals surface area contributed by atoms with Crippen molar-refractivity contribution in [1.82, 2.24) is 5.16 Å². The van der Waals surface area contributed by atoms with E-state index in [9.17, 15) is 0 Å². The first-order valence-corrected chi connectivity index (χ1v) is 3.65. The first kappa shape index (κ1) is 7.12. The number of benzene rings is 1. The highest BCUT2D eigenvalue weighted by Gasteiger charge is 2.07. The third-order valence-corrected chi connectivity index (χ3v) is 1.83. The SMILES string of the molecule is NCc1cccc2onc(N)c12. The van der Waals surface area contributed by atoms with Gasteiger partial charge in [-0.1, -0.05) is 17.3 Å². The van der Waals surface area contributed by atoms with Gasteiger partial charge in [0.2, 0.25) is 0 Å². The smallest absolute Gasteiger partial charge is 0.175 e. The van der Waals surface area contributed by atoms with Crippen LogP contribution in [0.2, 0.25) is 0 Å². The molecule has 0 radical (unpaired) electrons. The van der Waals surface area contributed by atoms with Crippen LogP contribution < -0.4 is 11.5 Å². The van der Waals surface area contributed by atoms with Crippen molar-refractivity contribution in [2.24, 2.45) is 5.73 Å². The lowest BCUT2D eigenvalue weighted by Crippen LogP contribution is -1.97. The number of fused-ring (bicyclic) bond motifs is 1. The van der Waals surface area contributed by atoms with Gasteiger partial charge in [-0.3, -0.25) is 0 Å². The number of nitrogens with zero attached hydrogens (tertiary/aromatic N) is 1. The van der Waals surface area contributed by atoms with Crippen molar-refractivity contribution < 1.29 is 4.52 Å². The first-order valence-electron chi connectivity index (χ1n) is 3.65. The van der Waals surface area contributed by atoms with Gasteiger partial charge in [0.1, 0.15) is 0 Å². The molecule has 0 atom stereocenters. The summed E-state index contributed by atoms with van der Waals surface area (Å²) < 4.78 is 4.96. The summed E-state index contributed by atoms with van der Waals surface area (Å²) in [5.74, 6) is 0.408. The molecule has 12 heavy (non-hydrogen) atoms. The Bertz CT molecular complexity index is 408. The van der Waals surface area contributed by atoms with Crippen LogP contribution in [0.1, 0.15) is 5.56 Å². The van der Waals surface area contributed by atoms with Gasteiger partial charge in [0.25, 0.3) is 0 Å². The largest absolute Gasteiger partial charge is 0.380 e. The molecule has 0 amide bonds. The third kappa shape index (κ3) is 0.853. The monoisotopic (exact) mass is 163 g/mol. The molecule has 2 aromatic rings. The zero-order chi connectivity index (χ0) is 8.55. The minimum absolute atomic E-state index is 0.408. The van der Waals surface area contributed by atoms with E-state index in [2.05, 4.69) is 5.16 Å². The van der Waals surface area contributed by atoms with E-state index in [1.165, 1.54) is 0 Å². The molecule has 1 heterocycles. The molecule has 0 spiro atoms. The predicted octanol–water partition coefficient (Wildman–Crippen LogP) is 0.869. The Hall–Kier alpha value is -1.55. The number of anilines is 1. The lowest BCUT2D eigenvalue weighted by atomic mass is 10.1. The molecule has 4 heteroatoms. The number of nitrogen functional groups attached to an aromatic ring is 1. The summed E-state index contributed by atoms with van der Waals surface area (Å²) in [4.78, 5) is 0. The quantitative estimate of drug-likeness (QED) is 0.653. The molecule has 2 rings (SSSR count). The molecule has 0 saturated carbocycles. The Balaban J connectivity index is 2.84. The number of aromatic nitrogens is 1. The van der Waals surface area contributed by atoms with Crippen LogP contribution in [0.15, 0.2) is 22.7 Å². The molecule has 0 aliphatic carbocycles. The summed E-state index contributed by atoms with van der Waals surface area (Å²) in [6, 6.07) is 5.60. The van der Waals surface area contributed by atoms with Crippen LogP contribution in [0.3, 0.4) is 0 Å². The minimum Gasteiger partial charge on any atom is -0.380 e. The lowest BCUT2D eigenvalue weighted by Gasteiger charge is -1.96. The summed E-state index contributed by atoms with van der Waals surface area (Å²) >= 11 is 0. The van der Waals surface area contributed by atoms with Gasteiger partial charge in [0.15, 0.2) is 11.4 Å². The van der Waals surface area contributed by atoms with Crippen LogP contribution >= 0.6 is 0 Å². The second kappa shape index (κ2) is 2.49. The van der Waals surface area contributed by atoms with Gasteiger partial charge in [0.05, 0.1) is 5.39 Å². The van der Waals surface area contributed by atoms with E-state index in [0.717, 1.165) is 10.9 Å². The standard InChI is InChI=1S/C8H9N3O/c9-4-5-2-1-3-6-7(5)8(10)11-12-6/h1-3H,4,9H2,(H2,10,11). The van der Waals surface area contributed by atoms with Crippen LogP contribution in [0.25, 0.3) is 11.0 Å². The maximum absolute atomic E-state index is 5.59. The molecule has 0 fully saturated rings. The Labute approximate surface area is 69.1 Å². The fourth-order valence-corrected chi connectivity index (χ4v) is 1.26. The summed E-state index contributed by atoms with van der Waals surface area (Å²) in [6.45, 7) is 0.447. The van der Waals surface area contributed by atoms with Crippen LogP contribution in [0.5, 0.6) is 0 Å². The molecule has 4 nitrogen and oxygen atoms in total. The minimum atomic E-state index is 0.408. The highest BCUT2D eigenvalue weighted by Crippen LogP contribution is 2.23. The van der Waals surface area contributed by atoms with Crippen LogP contribution in [-0.2, 0) is 6.54 Å². The van der Waals surface area contributed by atoms with Gasteiger partial charge < -0.3 is 16.0 Å². The number of hydrogen-bond donors (Lipinski definition) is 2. The highest BCUT2D eigenvalue weighted by molar-refractivity contribution is 5.90. The highest BCUT2D eigenvalue weighted by atomic mass is 16.5. The predicted molar refractivity (Wildman–Crippen MR) is 46.3 cm³/mol. The van der Waals surface area contributed by atoms with E-state index >= 15 is 0 Å². The van der Waals surface area contributed by atoms with Crippen LogP contribution in [-0.4, -0.2) is 5.16 Å². The topological polar surface area (TPSA) is 78.1 Å². The average molecular weight is 163 g/mol. The van der Waals surface area contributed by atoms with Crippen molar-refractivity contribution in [2.45, 2.75) is 6.54 Å². The van der Waals surface area contributed by atoms with Crippen molar-refractivity contribution in [3.63, 3.8) is 0 Å². The van der Waals surface area contributed by atoms with Gasteiger partial charge in [-0.25, -0.2) is 0 Å². The molecule has 1 aromatic heterocycles. The zero-order valence-electron chi connectivity index (χ0n) is 6.45. The Morgan fingerprint density at radius 2 is 2.25 bits per heavy atom. The fourth-order valence-electron chi connectivity index (χ4n) is 1.26. The van der Waals surface area contributed by atoms with E-state index in [-0.39, 0.29) is 0 Å². The van der Waals surface area contributed by atoms with Crippen molar-refractivity contribution in [3.8, 4) is 0 Å². The normalized spacial score (nSPS) is 10.8. The maximum atomic E-state index is 5.59. The molecule has 1 aromatic carbocycles. The molecular weight excluding hydrogens is 154 g/mol.